The van der Waals surface area contributed by atoms with Crippen LogP contribution in [0.15, 0.2) is 18.2 Å². The summed E-state index contributed by atoms with van der Waals surface area (Å²) in [5.41, 5.74) is 6.48. The summed E-state index contributed by atoms with van der Waals surface area (Å²) >= 11 is 6.04. The van der Waals surface area contributed by atoms with Gasteiger partial charge in [-0.05, 0) is 17.4 Å². The Morgan fingerprint density at radius 1 is 1.52 bits per heavy atom. The molecular weight excluding hydrogens is 341 g/mol. The van der Waals surface area contributed by atoms with Crippen LogP contribution >= 0.6 is 24.0 Å². The Bertz CT molecular complexity index is 608. The second-order valence-corrected chi connectivity index (χ2v) is 6.82. The predicted octanol–water partition coefficient (Wildman–Crippen LogP) is 2.80. The van der Waals surface area contributed by atoms with Gasteiger partial charge in [0.15, 0.2) is 0 Å². The summed E-state index contributed by atoms with van der Waals surface area (Å²) < 4.78 is 0. The van der Waals surface area contributed by atoms with Crippen LogP contribution in [0, 0.1) is 15.5 Å². The smallest absolute Gasteiger partial charge is 0.270 e. The van der Waals surface area contributed by atoms with Crippen molar-refractivity contribution >= 4 is 35.6 Å². The lowest BCUT2D eigenvalue weighted by atomic mass is 9.79. The molecule has 1 saturated heterocycles. The van der Waals surface area contributed by atoms with E-state index in [1.54, 1.807) is 11.0 Å². The second-order valence-electron chi connectivity index (χ2n) is 6.41. The van der Waals surface area contributed by atoms with Gasteiger partial charge >= 0.3 is 0 Å². The monoisotopic (exact) mass is 361 g/mol. The van der Waals surface area contributed by atoms with Gasteiger partial charge in [-0.1, -0.05) is 31.5 Å². The number of benzene rings is 1. The fraction of sp³-hybridized carbons (Fsp3) is 0.533. The predicted molar refractivity (Wildman–Crippen MR) is 92.0 cm³/mol. The van der Waals surface area contributed by atoms with Crippen LogP contribution in [0.2, 0.25) is 5.02 Å². The topological polar surface area (TPSA) is 89.5 Å². The molecule has 1 aromatic carbocycles. The molecule has 1 aliphatic heterocycles. The molecule has 128 valence electrons. The number of nitrogens with two attached hydrogens (primary N) is 1. The van der Waals surface area contributed by atoms with Gasteiger partial charge < -0.3 is 10.6 Å². The van der Waals surface area contributed by atoms with Crippen molar-refractivity contribution in [3.63, 3.8) is 0 Å². The van der Waals surface area contributed by atoms with Crippen molar-refractivity contribution in [3.8, 4) is 0 Å². The number of carbonyl (C=O) groups excluding carboxylic acids is 1. The number of non-ortho nitro benzene ring substituents is 1. The molecule has 0 bridgehead atoms. The van der Waals surface area contributed by atoms with E-state index < -0.39 is 4.92 Å². The zero-order valence-corrected chi connectivity index (χ0v) is 14.7. The summed E-state index contributed by atoms with van der Waals surface area (Å²) in [6, 6.07) is 4.27. The molecule has 1 aliphatic rings. The van der Waals surface area contributed by atoms with Crippen LogP contribution in [0.4, 0.5) is 5.69 Å². The molecule has 2 rings (SSSR count). The Morgan fingerprint density at radius 2 is 2.17 bits per heavy atom. The fourth-order valence-electron chi connectivity index (χ4n) is 2.65. The Morgan fingerprint density at radius 3 is 2.70 bits per heavy atom. The van der Waals surface area contributed by atoms with Gasteiger partial charge in [-0.2, -0.15) is 0 Å². The third-order valence-corrected chi connectivity index (χ3v) is 4.61. The van der Waals surface area contributed by atoms with Crippen molar-refractivity contribution in [2.45, 2.75) is 32.7 Å². The molecule has 1 unspecified atom stereocenters. The van der Waals surface area contributed by atoms with Crippen molar-refractivity contribution < 1.29 is 9.72 Å². The molecule has 0 aliphatic carbocycles. The minimum Gasteiger partial charge on any atom is -0.342 e. The lowest BCUT2D eigenvalue weighted by Gasteiger charge is -2.42. The lowest BCUT2D eigenvalue weighted by molar-refractivity contribution is -0.384. The zero-order valence-electron chi connectivity index (χ0n) is 13.1. The van der Waals surface area contributed by atoms with E-state index in [-0.39, 0.29) is 46.9 Å². The van der Waals surface area contributed by atoms with E-state index in [1.807, 2.05) is 0 Å². The molecule has 6 nitrogen and oxygen atoms in total. The van der Waals surface area contributed by atoms with Crippen LogP contribution < -0.4 is 5.73 Å². The van der Waals surface area contributed by atoms with E-state index >= 15 is 0 Å². The Kier molecular flexibility index (Phi) is 6.39. The van der Waals surface area contributed by atoms with Crippen molar-refractivity contribution in [2.75, 3.05) is 13.1 Å². The molecule has 0 aromatic heterocycles. The summed E-state index contributed by atoms with van der Waals surface area (Å²) in [5.74, 6) is -0.0317. The van der Waals surface area contributed by atoms with Crippen LogP contribution in [0.25, 0.3) is 0 Å². The maximum atomic E-state index is 12.4. The molecule has 1 heterocycles. The average Bonchev–Trinajstić information content (AvgIpc) is 2.43. The first kappa shape index (κ1) is 19.7. The molecule has 1 aromatic rings. The van der Waals surface area contributed by atoms with Gasteiger partial charge in [-0.25, -0.2) is 0 Å². The van der Waals surface area contributed by atoms with Gasteiger partial charge in [0, 0.05) is 31.3 Å². The quantitative estimate of drug-likeness (QED) is 0.661. The van der Waals surface area contributed by atoms with Gasteiger partial charge in [0.05, 0.1) is 16.4 Å². The maximum Gasteiger partial charge on any atom is 0.270 e. The molecule has 0 spiro atoms. The summed E-state index contributed by atoms with van der Waals surface area (Å²) in [6.07, 6.45) is 0.912. The Hall–Kier alpha value is -1.37. The third kappa shape index (κ3) is 4.56. The molecule has 1 atom stereocenters. The Labute approximate surface area is 146 Å². The number of nitro benzene ring substituents is 1. The molecule has 0 radical (unpaired) electrons. The summed E-state index contributed by atoms with van der Waals surface area (Å²) in [7, 11) is 0. The number of halogens is 2. The van der Waals surface area contributed by atoms with Gasteiger partial charge in [-0.15, -0.1) is 12.4 Å². The highest BCUT2D eigenvalue weighted by molar-refractivity contribution is 6.31. The van der Waals surface area contributed by atoms with Crippen LogP contribution in [-0.4, -0.2) is 34.9 Å². The van der Waals surface area contributed by atoms with Crippen LogP contribution in [0.1, 0.15) is 25.8 Å². The average molecular weight is 362 g/mol. The van der Waals surface area contributed by atoms with Crippen molar-refractivity contribution in [1.29, 1.82) is 0 Å². The van der Waals surface area contributed by atoms with Gasteiger partial charge in [0.25, 0.3) is 5.69 Å². The van der Waals surface area contributed by atoms with Crippen LogP contribution in [0.5, 0.6) is 0 Å². The van der Waals surface area contributed by atoms with E-state index in [2.05, 4.69) is 13.8 Å². The molecule has 1 amide bonds. The molecule has 1 fully saturated rings. The number of amides is 1. The Balaban J connectivity index is 0.00000264. The molecule has 2 N–H and O–H groups in total. The molecular formula is C15H21Cl2N3O3. The molecule has 8 heteroatoms. The number of nitro groups is 1. The largest absolute Gasteiger partial charge is 0.342 e. The van der Waals surface area contributed by atoms with E-state index in [1.165, 1.54) is 12.1 Å². The zero-order chi connectivity index (χ0) is 16.5. The summed E-state index contributed by atoms with van der Waals surface area (Å²) in [4.78, 5) is 24.4. The number of likely N-dealkylation sites (tertiary alicyclic amines) is 1. The highest BCUT2D eigenvalue weighted by Crippen LogP contribution is 2.29. The van der Waals surface area contributed by atoms with Gasteiger partial charge in [0.2, 0.25) is 5.91 Å². The van der Waals surface area contributed by atoms with Gasteiger partial charge in [0.1, 0.15) is 0 Å². The minimum atomic E-state index is -0.508. The highest BCUT2D eigenvalue weighted by Gasteiger charge is 2.35. The number of hydrogen-bond donors (Lipinski definition) is 1. The number of carbonyl (C=O) groups is 1. The summed E-state index contributed by atoms with van der Waals surface area (Å²) in [6.45, 7) is 5.34. The van der Waals surface area contributed by atoms with Crippen molar-refractivity contribution in [3.05, 3.63) is 38.9 Å². The van der Waals surface area contributed by atoms with Crippen LogP contribution in [-0.2, 0) is 11.2 Å². The SMILES string of the molecule is CC1(C)CN(C(=O)Cc2ccc([N+](=O)[O-])cc2Cl)CCC1N.Cl. The standard InChI is InChI=1S/C15H20ClN3O3.ClH/c1-15(2)9-18(6-5-13(15)17)14(20)7-10-3-4-11(19(21)22)8-12(10)16;/h3-4,8,13H,5-7,9,17H2,1-2H3;1H. The van der Waals surface area contributed by atoms with E-state index in [9.17, 15) is 14.9 Å². The molecule has 0 saturated carbocycles. The number of hydrogen-bond acceptors (Lipinski definition) is 4. The van der Waals surface area contributed by atoms with E-state index in [0.29, 0.717) is 18.7 Å². The highest BCUT2D eigenvalue weighted by atomic mass is 35.5. The number of nitrogens with zero attached hydrogens (tertiary/aromatic N) is 2. The van der Waals surface area contributed by atoms with Crippen molar-refractivity contribution in [2.24, 2.45) is 11.1 Å². The summed E-state index contributed by atoms with van der Waals surface area (Å²) in [5, 5.41) is 10.9. The lowest BCUT2D eigenvalue weighted by Crippen LogP contribution is -2.54. The van der Waals surface area contributed by atoms with Gasteiger partial charge in [-0.3, -0.25) is 14.9 Å². The fourth-order valence-corrected chi connectivity index (χ4v) is 2.90. The number of piperidine rings is 1. The van der Waals surface area contributed by atoms with Crippen LogP contribution in [0.3, 0.4) is 0 Å². The molecule has 23 heavy (non-hydrogen) atoms. The maximum absolute atomic E-state index is 12.4. The number of rotatable bonds is 3. The van der Waals surface area contributed by atoms with E-state index in [0.717, 1.165) is 6.42 Å². The first-order valence-corrected chi connectivity index (χ1v) is 7.54. The minimum absolute atomic E-state index is 0. The normalized spacial score (nSPS) is 19.8. The first-order chi connectivity index (χ1) is 10.2. The second kappa shape index (κ2) is 7.47. The third-order valence-electron chi connectivity index (χ3n) is 4.25. The van der Waals surface area contributed by atoms with Crippen molar-refractivity contribution in [1.82, 2.24) is 4.90 Å². The first-order valence-electron chi connectivity index (χ1n) is 7.17. The van der Waals surface area contributed by atoms with E-state index in [4.69, 9.17) is 17.3 Å².